The molecule has 0 radical (unpaired) electrons. The average Bonchev–Trinajstić information content (AvgIpc) is 2.64. The molecule has 1 aliphatic heterocycles. The van der Waals surface area contributed by atoms with Gasteiger partial charge in [-0.15, -0.1) is 0 Å². The Kier molecular flexibility index (Phi) is 5.79. The molecular formula is C20H23FN2O2. The second kappa shape index (κ2) is 8.23. The molecule has 2 aromatic carbocycles. The molecule has 5 heteroatoms. The smallest absolute Gasteiger partial charge is 0.241 e. The summed E-state index contributed by atoms with van der Waals surface area (Å²) in [7, 11) is 0. The fraction of sp³-hybridized carbons (Fsp3) is 0.350. The number of carbonyl (C=O) groups is 1. The van der Waals surface area contributed by atoms with Crippen LogP contribution in [0.1, 0.15) is 18.6 Å². The molecule has 0 aromatic heterocycles. The van der Waals surface area contributed by atoms with Crippen LogP contribution in [0.2, 0.25) is 0 Å². The third kappa shape index (κ3) is 4.44. The maximum atomic E-state index is 13.1. The molecule has 1 fully saturated rings. The molecule has 0 aliphatic carbocycles. The fourth-order valence-corrected chi connectivity index (χ4v) is 3.11. The number of amides is 1. The Bertz CT molecular complexity index is 691. The summed E-state index contributed by atoms with van der Waals surface area (Å²) in [6.07, 6.45) is -0.131. The molecule has 0 spiro atoms. The molecule has 25 heavy (non-hydrogen) atoms. The van der Waals surface area contributed by atoms with Crippen molar-refractivity contribution in [2.24, 2.45) is 0 Å². The highest BCUT2D eigenvalue weighted by atomic mass is 19.1. The Morgan fingerprint density at radius 1 is 1.20 bits per heavy atom. The largest absolute Gasteiger partial charge is 0.371 e. The topological polar surface area (TPSA) is 32.8 Å². The van der Waals surface area contributed by atoms with Crippen molar-refractivity contribution < 1.29 is 13.9 Å². The highest BCUT2D eigenvalue weighted by molar-refractivity contribution is 5.94. The molecule has 4 nitrogen and oxygen atoms in total. The van der Waals surface area contributed by atoms with Gasteiger partial charge in [0.1, 0.15) is 5.82 Å². The zero-order chi connectivity index (χ0) is 17.6. The van der Waals surface area contributed by atoms with Gasteiger partial charge < -0.3 is 9.64 Å². The van der Waals surface area contributed by atoms with Crippen molar-refractivity contribution in [2.45, 2.75) is 13.0 Å². The zero-order valence-electron chi connectivity index (χ0n) is 14.4. The van der Waals surface area contributed by atoms with E-state index in [0.717, 1.165) is 17.8 Å². The lowest BCUT2D eigenvalue weighted by molar-refractivity contribution is -0.121. The van der Waals surface area contributed by atoms with Crippen molar-refractivity contribution in [1.29, 1.82) is 0 Å². The number of likely N-dealkylation sites (N-methyl/N-ethyl adjacent to an activating group) is 1. The number of morpholine rings is 1. The van der Waals surface area contributed by atoms with Crippen LogP contribution in [0.3, 0.4) is 0 Å². The number of halogens is 1. The molecule has 3 rings (SSSR count). The quantitative estimate of drug-likeness (QED) is 0.836. The molecule has 0 N–H and O–H groups in total. The van der Waals surface area contributed by atoms with Gasteiger partial charge in [0.2, 0.25) is 5.91 Å². The summed E-state index contributed by atoms with van der Waals surface area (Å²) in [6, 6.07) is 16.1. The van der Waals surface area contributed by atoms with Crippen LogP contribution in [0.5, 0.6) is 0 Å². The SMILES string of the molecule is CCN(C(=O)CN1CCOC(c2ccc(F)cc2)C1)c1ccccc1. The van der Waals surface area contributed by atoms with Gasteiger partial charge in [0, 0.05) is 25.3 Å². The third-order valence-corrected chi connectivity index (χ3v) is 4.44. The highest BCUT2D eigenvalue weighted by Gasteiger charge is 2.25. The summed E-state index contributed by atoms with van der Waals surface area (Å²) in [5.74, 6) is -0.179. The summed E-state index contributed by atoms with van der Waals surface area (Å²) in [5.41, 5.74) is 1.85. The Hall–Kier alpha value is -2.24. The van der Waals surface area contributed by atoms with E-state index < -0.39 is 0 Å². The van der Waals surface area contributed by atoms with Gasteiger partial charge in [-0.25, -0.2) is 4.39 Å². The molecule has 1 amide bonds. The van der Waals surface area contributed by atoms with Crippen LogP contribution in [0, 0.1) is 5.82 Å². The number of nitrogens with zero attached hydrogens (tertiary/aromatic N) is 2. The first-order chi connectivity index (χ1) is 12.2. The summed E-state index contributed by atoms with van der Waals surface area (Å²) < 4.78 is 18.9. The van der Waals surface area contributed by atoms with E-state index in [9.17, 15) is 9.18 Å². The van der Waals surface area contributed by atoms with Gasteiger partial charge in [-0.1, -0.05) is 30.3 Å². The number of hydrogen-bond donors (Lipinski definition) is 0. The van der Waals surface area contributed by atoms with E-state index in [0.29, 0.717) is 26.2 Å². The molecule has 132 valence electrons. The van der Waals surface area contributed by atoms with Crippen LogP contribution in [-0.4, -0.2) is 43.6 Å². The number of benzene rings is 2. The summed E-state index contributed by atoms with van der Waals surface area (Å²) in [4.78, 5) is 16.6. The number of carbonyl (C=O) groups excluding carboxylic acids is 1. The zero-order valence-corrected chi connectivity index (χ0v) is 14.4. The van der Waals surface area contributed by atoms with Gasteiger partial charge in [-0.3, -0.25) is 9.69 Å². The summed E-state index contributed by atoms with van der Waals surface area (Å²) in [6.45, 7) is 4.87. The third-order valence-electron chi connectivity index (χ3n) is 4.44. The second-order valence-electron chi connectivity index (χ2n) is 6.12. The second-order valence-corrected chi connectivity index (χ2v) is 6.12. The van der Waals surface area contributed by atoms with Gasteiger partial charge in [-0.2, -0.15) is 0 Å². The Labute approximate surface area is 147 Å². The molecule has 1 aliphatic rings. The Morgan fingerprint density at radius 3 is 2.60 bits per heavy atom. The van der Waals surface area contributed by atoms with Gasteiger partial charge in [0.05, 0.1) is 19.3 Å². The van der Waals surface area contributed by atoms with Gasteiger partial charge >= 0.3 is 0 Å². The summed E-state index contributed by atoms with van der Waals surface area (Å²) >= 11 is 0. The van der Waals surface area contributed by atoms with E-state index in [1.165, 1.54) is 12.1 Å². The average molecular weight is 342 g/mol. The number of ether oxygens (including phenoxy) is 1. The molecule has 0 bridgehead atoms. The van der Waals surface area contributed by atoms with Crippen molar-refractivity contribution in [3.8, 4) is 0 Å². The van der Waals surface area contributed by atoms with Gasteiger partial charge in [0.15, 0.2) is 0 Å². The number of hydrogen-bond acceptors (Lipinski definition) is 3. The maximum Gasteiger partial charge on any atom is 0.241 e. The van der Waals surface area contributed by atoms with Crippen LogP contribution in [0.15, 0.2) is 54.6 Å². The molecule has 1 heterocycles. The van der Waals surface area contributed by atoms with Crippen molar-refractivity contribution in [1.82, 2.24) is 4.90 Å². The number of anilines is 1. The van der Waals surface area contributed by atoms with E-state index in [2.05, 4.69) is 4.90 Å². The van der Waals surface area contributed by atoms with Crippen LogP contribution >= 0.6 is 0 Å². The van der Waals surface area contributed by atoms with Gasteiger partial charge in [0.25, 0.3) is 0 Å². The number of rotatable bonds is 5. The molecular weight excluding hydrogens is 319 g/mol. The molecule has 0 saturated carbocycles. The lowest BCUT2D eigenvalue weighted by atomic mass is 10.1. The first-order valence-electron chi connectivity index (χ1n) is 8.62. The maximum absolute atomic E-state index is 13.1. The first kappa shape index (κ1) is 17.6. The fourth-order valence-electron chi connectivity index (χ4n) is 3.11. The normalized spacial score (nSPS) is 18.1. The van der Waals surface area contributed by atoms with Crippen LogP contribution in [0.4, 0.5) is 10.1 Å². The molecule has 1 saturated heterocycles. The molecule has 2 aromatic rings. The van der Waals surface area contributed by atoms with Gasteiger partial charge in [-0.05, 0) is 36.8 Å². The van der Waals surface area contributed by atoms with Crippen molar-refractivity contribution in [2.75, 3.05) is 37.7 Å². The van der Waals surface area contributed by atoms with Crippen LogP contribution in [0.25, 0.3) is 0 Å². The van der Waals surface area contributed by atoms with Crippen LogP contribution in [-0.2, 0) is 9.53 Å². The van der Waals surface area contributed by atoms with Crippen LogP contribution < -0.4 is 4.90 Å². The Morgan fingerprint density at radius 2 is 1.92 bits per heavy atom. The van der Waals surface area contributed by atoms with E-state index in [1.54, 1.807) is 17.0 Å². The minimum Gasteiger partial charge on any atom is -0.371 e. The highest BCUT2D eigenvalue weighted by Crippen LogP contribution is 2.23. The molecule has 1 unspecified atom stereocenters. The van der Waals surface area contributed by atoms with E-state index >= 15 is 0 Å². The Balaban J connectivity index is 1.63. The molecule has 1 atom stereocenters. The van der Waals surface area contributed by atoms with Crippen molar-refractivity contribution in [3.63, 3.8) is 0 Å². The lowest BCUT2D eigenvalue weighted by Gasteiger charge is -2.34. The van der Waals surface area contributed by atoms with E-state index in [-0.39, 0.29) is 17.8 Å². The summed E-state index contributed by atoms with van der Waals surface area (Å²) in [5, 5.41) is 0. The minimum absolute atomic E-state index is 0.0773. The van der Waals surface area contributed by atoms with E-state index in [4.69, 9.17) is 4.74 Å². The standard InChI is InChI=1S/C20H23FN2O2/c1-2-23(18-6-4-3-5-7-18)20(24)15-22-12-13-25-19(14-22)16-8-10-17(21)11-9-16/h3-11,19H,2,12-15H2,1H3. The monoisotopic (exact) mass is 342 g/mol. The predicted octanol–water partition coefficient (Wildman–Crippen LogP) is 3.25. The van der Waals surface area contributed by atoms with Crippen molar-refractivity contribution >= 4 is 11.6 Å². The number of para-hydroxylation sites is 1. The predicted molar refractivity (Wildman–Crippen MR) is 96.0 cm³/mol. The lowest BCUT2D eigenvalue weighted by Crippen LogP contribution is -2.45. The van der Waals surface area contributed by atoms with Crippen molar-refractivity contribution in [3.05, 3.63) is 66.0 Å². The first-order valence-corrected chi connectivity index (χ1v) is 8.62. The minimum atomic E-state index is -0.256. The van der Waals surface area contributed by atoms with E-state index in [1.807, 2.05) is 37.3 Å².